The first-order chi connectivity index (χ1) is 8.35. The van der Waals surface area contributed by atoms with Crippen LogP contribution in [0, 0.1) is 0 Å². The van der Waals surface area contributed by atoms with Gasteiger partial charge >= 0.3 is 0 Å². The maximum absolute atomic E-state index is 6.52. The molecule has 1 N–H and O–H groups in total. The maximum atomic E-state index is 6.52. The van der Waals surface area contributed by atoms with E-state index in [0.29, 0.717) is 6.10 Å². The second kappa shape index (κ2) is 6.75. The Hall–Kier alpha value is -0.0800. The molecule has 0 aliphatic heterocycles. The van der Waals surface area contributed by atoms with E-state index in [1.54, 1.807) is 0 Å². The van der Waals surface area contributed by atoms with Gasteiger partial charge in [-0.25, -0.2) is 0 Å². The highest BCUT2D eigenvalue weighted by Crippen LogP contribution is 2.35. The smallest absolute Gasteiger partial charge is 0.0810 e. The van der Waals surface area contributed by atoms with Crippen LogP contribution in [0.25, 0.3) is 0 Å². The normalized spacial score (nSPS) is 25.2. The molecule has 2 saturated carbocycles. The fourth-order valence-electron chi connectivity index (χ4n) is 3.39. The van der Waals surface area contributed by atoms with E-state index in [9.17, 15) is 0 Å². The molecule has 17 heavy (non-hydrogen) atoms. The minimum atomic E-state index is 0.183. The van der Waals surface area contributed by atoms with Crippen molar-refractivity contribution >= 4 is 0 Å². The Morgan fingerprint density at radius 3 is 2.41 bits per heavy atom. The van der Waals surface area contributed by atoms with Gasteiger partial charge in [0.05, 0.1) is 11.7 Å². The fraction of sp³-hybridized carbons (Fsp3) is 1.00. The molecule has 2 rings (SSSR count). The van der Waals surface area contributed by atoms with E-state index in [1.165, 1.54) is 64.2 Å². The molecule has 0 bridgehead atoms. The van der Waals surface area contributed by atoms with Crippen LogP contribution in [0.15, 0.2) is 0 Å². The molecular formula is C15H29NO. The lowest BCUT2D eigenvalue weighted by atomic mass is 9.84. The van der Waals surface area contributed by atoms with Crippen LogP contribution in [-0.2, 0) is 4.74 Å². The van der Waals surface area contributed by atoms with Crippen molar-refractivity contribution in [2.24, 2.45) is 0 Å². The zero-order valence-electron chi connectivity index (χ0n) is 11.5. The molecule has 2 aliphatic carbocycles. The highest BCUT2D eigenvalue weighted by molar-refractivity contribution is 4.88. The summed E-state index contributed by atoms with van der Waals surface area (Å²) >= 11 is 0. The highest BCUT2D eigenvalue weighted by Gasteiger charge is 2.35. The monoisotopic (exact) mass is 239 g/mol. The number of hydrogen-bond acceptors (Lipinski definition) is 2. The van der Waals surface area contributed by atoms with Crippen molar-refractivity contribution in [3.05, 3.63) is 0 Å². The van der Waals surface area contributed by atoms with E-state index in [-0.39, 0.29) is 5.60 Å². The van der Waals surface area contributed by atoms with Crippen LogP contribution < -0.4 is 5.32 Å². The van der Waals surface area contributed by atoms with E-state index in [0.717, 1.165) is 13.1 Å². The Balaban J connectivity index is 1.85. The first-order valence-electron chi connectivity index (χ1n) is 7.73. The van der Waals surface area contributed by atoms with Crippen molar-refractivity contribution in [2.75, 3.05) is 13.1 Å². The van der Waals surface area contributed by atoms with Gasteiger partial charge in [-0.2, -0.15) is 0 Å². The number of rotatable bonds is 6. The molecule has 2 fully saturated rings. The number of ether oxygens (including phenoxy) is 1. The number of hydrogen-bond donors (Lipinski definition) is 1. The van der Waals surface area contributed by atoms with Crippen LogP contribution in [0.5, 0.6) is 0 Å². The number of nitrogens with one attached hydrogen (secondary N) is 1. The van der Waals surface area contributed by atoms with Crippen LogP contribution in [0.4, 0.5) is 0 Å². The van der Waals surface area contributed by atoms with Crippen LogP contribution in [0.2, 0.25) is 0 Å². The molecule has 0 unspecified atom stereocenters. The van der Waals surface area contributed by atoms with E-state index in [2.05, 4.69) is 12.2 Å². The Morgan fingerprint density at radius 1 is 1.06 bits per heavy atom. The van der Waals surface area contributed by atoms with Gasteiger partial charge in [0.1, 0.15) is 0 Å². The molecule has 0 spiro atoms. The lowest BCUT2D eigenvalue weighted by Gasteiger charge is -2.39. The molecule has 100 valence electrons. The third-order valence-corrected chi connectivity index (χ3v) is 4.36. The van der Waals surface area contributed by atoms with Crippen LogP contribution in [0.1, 0.15) is 71.1 Å². The van der Waals surface area contributed by atoms with E-state index in [4.69, 9.17) is 4.74 Å². The Bertz CT molecular complexity index is 205. The second-order valence-corrected chi connectivity index (χ2v) is 5.94. The largest absolute Gasteiger partial charge is 0.370 e. The topological polar surface area (TPSA) is 21.3 Å². The summed E-state index contributed by atoms with van der Waals surface area (Å²) in [6.45, 7) is 4.45. The lowest BCUT2D eigenvalue weighted by molar-refractivity contribution is -0.109. The minimum absolute atomic E-state index is 0.183. The summed E-state index contributed by atoms with van der Waals surface area (Å²) < 4.78 is 6.52. The molecular weight excluding hydrogens is 210 g/mol. The van der Waals surface area contributed by atoms with Crippen LogP contribution in [0.3, 0.4) is 0 Å². The van der Waals surface area contributed by atoms with Gasteiger partial charge in [-0.3, -0.25) is 0 Å². The van der Waals surface area contributed by atoms with E-state index in [1.807, 2.05) is 0 Å². The van der Waals surface area contributed by atoms with Crippen molar-refractivity contribution in [3.8, 4) is 0 Å². The fourth-order valence-corrected chi connectivity index (χ4v) is 3.39. The Morgan fingerprint density at radius 2 is 1.76 bits per heavy atom. The standard InChI is InChI=1S/C15H29NO/c1-2-12-16-13-15(10-6-3-7-11-15)17-14-8-4-5-9-14/h14,16H,2-13H2,1H3. The molecule has 0 atom stereocenters. The summed E-state index contributed by atoms with van der Waals surface area (Å²) in [6, 6.07) is 0. The molecule has 0 aromatic carbocycles. The van der Waals surface area contributed by atoms with Crippen LogP contribution >= 0.6 is 0 Å². The molecule has 0 amide bonds. The van der Waals surface area contributed by atoms with Gasteiger partial charge in [-0.1, -0.05) is 39.0 Å². The van der Waals surface area contributed by atoms with Crippen molar-refractivity contribution in [3.63, 3.8) is 0 Å². The summed E-state index contributed by atoms with van der Waals surface area (Å²) in [7, 11) is 0. The maximum Gasteiger partial charge on any atom is 0.0810 e. The van der Waals surface area contributed by atoms with Crippen molar-refractivity contribution in [1.29, 1.82) is 0 Å². The first kappa shape index (κ1) is 13.4. The second-order valence-electron chi connectivity index (χ2n) is 5.94. The van der Waals surface area contributed by atoms with Gasteiger partial charge in [-0.15, -0.1) is 0 Å². The van der Waals surface area contributed by atoms with Crippen molar-refractivity contribution in [2.45, 2.75) is 82.8 Å². The zero-order valence-corrected chi connectivity index (χ0v) is 11.5. The van der Waals surface area contributed by atoms with Crippen molar-refractivity contribution in [1.82, 2.24) is 5.32 Å². The molecule has 0 aromatic rings. The van der Waals surface area contributed by atoms with Gasteiger partial charge < -0.3 is 10.1 Å². The molecule has 0 aromatic heterocycles. The van der Waals surface area contributed by atoms with Gasteiger partial charge in [0.2, 0.25) is 0 Å². The van der Waals surface area contributed by atoms with Gasteiger partial charge in [0, 0.05) is 6.54 Å². The van der Waals surface area contributed by atoms with Gasteiger partial charge in [0.15, 0.2) is 0 Å². The van der Waals surface area contributed by atoms with Gasteiger partial charge in [0.25, 0.3) is 0 Å². The first-order valence-corrected chi connectivity index (χ1v) is 7.73. The molecule has 0 saturated heterocycles. The predicted molar refractivity (Wildman–Crippen MR) is 72.3 cm³/mol. The molecule has 2 heteroatoms. The van der Waals surface area contributed by atoms with Crippen LogP contribution in [-0.4, -0.2) is 24.8 Å². The minimum Gasteiger partial charge on any atom is -0.370 e. The Kier molecular flexibility index (Phi) is 5.30. The summed E-state index contributed by atoms with van der Waals surface area (Å²) in [6.07, 6.45) is 13.8. The Labute approximate surface area is 107 Å². The average molecular weight is 239 g/mol. The quantitative estimate of drug-likeness (QED) is 0.714. The molecule has 0 radical (unpaired) electrons. The van der Waals surface area contributed by atoms with Gasteiger partial charge in [-0.05, 0) is 38.6 Å². The molecule has 2 nitrogen and oxygen atoms in total. The van der Waals surface area contributed by atoms with E-state index >= 15 is 0 Å². The summed E-state index contributed by atoms with van der Waals surface area (Å²) in [5.74, 6) is 0. The summed E-state index contributed by atoms with van der Waals surface area (Å²) in [5, 5.41) is 3.59. The average Bonchev–Trinajstić information content (AvgIpc) is 2.83. The predicted octanol–water partition coefficient (Wildman–Crippen LogP) is 3.65. The SMILES string of the molecule is CCCNCC1(OC2CCCC2)CCCCC1. The molecule has 0 heterocycles. The molecule has 2 aliphatic rings. The summed E-state index contributed by atoms with van der Waals surface area (Å²) in [5.41, 5.74) is 0.183. The third-order valence-electron chi connectivity index (χ3n) is 4.36. The van der Waals surface area contributed by atoms with E-state index < -0.39 is 0 Å². The van der Waals surface area contributed by atoms with Crippen molar-refractivity contribution < 1.29 is 4.74 Å². The lowest BCUT2D eigenvalue weighted by Crippen LogP contribution is -2.46. The summed E-state index contributed by atoms with van der Waals surface area (Å²) in [4.78, 5) is 0. The third kappa shape index (κ3) is 3.96. The zero-order chi connectivity index (χ0) is 12.0. The highest BCUT2D eigenvalue weighted by atomic mass is 16.5.